The molecule has 5 heteroatoms. The lowest BCUT2D eigenvalue weighted by molar-refractivity contribution is -0.136. The van der Waals surface area contributed by atoms with E-state index in [4.69, 9.17) is 11.6 Å². The van der Waals surface area contributed by atoms with Crippen LogP contribution in [-0.2, 0) is 22.6 Å². The van der Waals surface area contributed by atoms with E-state index >= 15 is 0 Å². The monoisotopic (exact) mass is 370 g/mol. The van der Waals surface area contributed by atoms with Crippen LogP contribution in [0.1, 0.15) is 30.4 Å². The molecule has 1 fully saturated rings. The van der Waals surface area contributed by atoms with E-state index in [1.807, 2.05) is 59.5 Å². The summed E-state index contributed by atoms with van der Waals surface area (Å²) in [6.45, 7) is 1.26. The fourth-order valence-electron chi connectivity index (χ4n) is 3.23. The van der Waals surface area contributed by atoms with Crippen molar-refractivity contribution in [2.45, 2.75) is 38.3 Å². The first-order chi connectivity index (χ1) is 12.6. The third-order valence-corrected chi connectivity index (χ3v) is 4.86. The molecule has 1 aliphatic heterocycles. The summed E-state index contributed by atoms with van der Waals surface area (Å²) in [4.78, 5) is 27.1. The first-order valence-electron chi connectivity index (χ1n) is 8.98. The molecule has 1 N–H and O–H groups in total. The topological polar surface area (TPSA) is 49.4 Å². The molecule has 2 aromatic rings. The molecule has 136 valence electrons. The zero-order chi connectivity index (χ0) is 18.4. The molecule has 0 radical (unpaired) electrons. The van der Waals surface area contributed by atoms with Gasteiger partial charge >= 0.3 is 0 Å². The molecule has 0 saturated carbocycles. The predicted molar refractivity (Wildman–Crippen MR) is 103 cm³/mol. The largest absolute Gasteiger partial charge is 0.344 e. The van der Waals surface area contributed by atoms with Crippen molar-refractivity contribution < 1.29 is 9.59 Å². The molecule has 0 spiro atoms. The molecule has 1 heterocycles. The Hall–Kier alpha value is -2.33. The Labute approximate surface area is 159 Å². The lowest BCUT2D eigenvalue weighted by atomic mass is 10.1. The van der Waals surface area contributed by atoms with Gasteiger partial charge in [0, 0.05) is 18.1 Å². The fraction of sp³-hybridized carbons (Fsp3) is 0.333. The van der Waals surface area contributed by atoms with E-state index in [0.29, 0.717) is 31.0 Å². The minimum atomic E-state index is -0.444. The third kappa shape index (κ3) is 5.09. The Morgan fingerprint density at radius 2 is 1.77 bits per heavy atom. The normalized spacial score (nSPS) is 17.7. The number of nitrogens with zero attached hydrogens (tertiary/aromatic N) is 1. The number of benzene rings is 2. The Balaban J connectivity index is 1.62. The van der Waals surface area contributed by atoms with Crippen LogP contribution in [0.3, 0.4) is 0 Å². The van der Waals surface area contributed by atoms with Crippen molar-refractivity contribution in [1.29, 1.82) is 0 Å². The summed E-state index contributed by atoms with van der Waals surface area (Å²) in [5.41, 5.74) is 1.99. The number of hydrogen-bond donors (Lipinski definition) is 1. The van der Waals surface area contributed by atoms with E-state index in [0.717, 1.165) is 24.0 Å². The molecule has 1 aliphatic rings. The number of rotatable bonds is 5. The molecule has 1 saturated heterocycles. The van der Waals surface area contributed by atoms with Gasteiger partial charge in [0.15, 0.2) is 0 Å². The quantitative estimate of drug-likeness (QED) is 0.874. The van der Waals surface area contributed by atoms with Gasteiger partial charge in [0.05, 0.1) is 6.42 Å². The molecule has 2 aromatic carbocycles. The summed E-state index contributed by atoms with van der Waals surface area (Å²) in [5.74, 6) is -0.109. The number of halogens is 1. The van der Waals surface area contributed by atoms with E-state index in [9.17, 15) is 9.59 Å². The van der Waals surface area contributed by atoms with Gasteiger partial charge in [-0.25, -0.2) is 0 Å². The SMILES string of the molecule is O=C(Cc1ccccc1)NC1CCCCN(Cc2ccc(Cl)cc2)C1=O. The molecular weight excluding hydrogens is 348 g/mol. The predicted octanol–water partition coefficient (Wildman–Crippen LogP) is 3.58. The van der Waals surface area contributed by atoms with Crippen LogP contribution >= 0.6 is 11.6 Å². The van der Waals surface area contributed by atoms with Gasteiger partial charge in [-0.15, -0.1) is 0 Å². The van der Waals surface area contributed by atoms with Gasteiger partial charge in [0.1, 0.15) is 6.04 Å². The standard InChI is InChI=1S/C21H23ClN2O2/c22-18-11-9-17(10-12-18)15-24-13-5-4-8-19(21(24)26)23-20(25)14-16-6-2-1-3-7-16/h1-3,6-7,9-12,19H,4-5,8,13-15H2,(H,23,25). The molecule has 1 atom stereocenters. The highest BCUT2D eigenvalue weighted by Crippen LogP contribution is 2.17. The van der Waals surface area contributed by atoms with Gasteiger partial charge in [0.25, 0.3) is 0 Å². The Morgan fingerprint density at radius 1 is 1.04 bits per heavy atom. The minimum Gasteiger partial charge on any atom is -0.344 e. The van der Waals surface area contributed by atoms with Crippen LogP contribution in [0.2, 0.25) is 5.02 Å². The van der Waals surface area contributed by atoms with Crippen LogP contribution in [0.15, 0.2) is 54.6 Å². The first-order valence-corrected chi connectivity index (χ1v) is 9.36. The molecule has 2 amide bonds. The van der Waals surface area contributed by atoms with Crippen molar-refractivity contribution in [1.82, 2.24) is 10.2 Å². The average Bonchev–Trinajstić information content (AvgIpc) is 2.80. The second-order valence-corrected chi connectivity index (χ2v) is 7.10. The van der Waals surface area contributed by atoms with Crippen LogP contribution in [0, 0.1) is 0 Å². The molecule has 0 aliphatic carbocycles. The Bertz CT molecular complexity index is 746. The maximum atomic E-state index is 12.9. The summed E-state index contributed by atoms with van der Waals surface area (Å²) < 4.78 is 0. The summed E-state index contributed by atoms with van der Waals surface area (Å²) in [5, 5.41) is 3.61. The van der Waals surface area contributed by atoms with Crippen molar-refractivity contribution in [3.05, 3.63) is 70.7 Å². The highest BCUT2D eigenvalue weighted by molar-refractivity contribution is 6.30. The van der Waals surface area contributed by atoms with Gasteiger partial charge in [-0.2, -0.15) is 0 Å². The molecule has 0 bridgehead atoms. The first kappa shape index (κ1) is 18.5. The molecule has 1 unspecified atom stereocenters. The lowest BCUT2D eigenvalue weighted by Gasteiger charge is -2.25. The number of nitrogens with one attached hydrogen (secondary N) is 1. The molecule has 0 aromatic heterocycles. The third-order valence-electron chi connectivity index (χ3n) is 4.61. The zero-order valence-electron chi connectivity index (χ0n) is 14.7. The van der Waals surface area contributed by atoms with Gasteiger partial charge in [-0.3, -0.25) is 9.59 Å². The van der Waals surface area contributed by atoms with Crippen LogP contribution in [-0.4, -0.2) is 29.3 Å². The van der Waals surface area contributed by atoms with Crippen molar-refractivity contribution >= 4 is 23.4 Å². The number of likely N-dealkylation sites (tertiary alicyclic amines) is 1. The van der Waals surface area contributed by atoms with Crippen LogP contribution in [0.5, 0.6) is 0 Å². The second kappa shape index (κ2) is 8.86. The Morgan fingerprint density at radius 3 is 2.50 bits per heavy atom. The fourth-order valence-corrected chi connectivity index (χ4v) is 3.36. The highest BCUT2D eigenvalue weighted by atomic mass is 35.5. The van der Waals surface area contributed by atoms with E-state index in [1.54, 1.807) is 0 Å². The van der Waals surface area contributed by atoms with Crippen LogP contribution in [0.4, 0.5) is 0 Å². The minimum absolute atomic E-state index is 0.00105. The summed E-state index contributed by atoms with van der Waals surface area (Å²) in [6.07, 6.45) is 2.86. The van der Waals surface area contributed by atoms with Crippen molar-refractivity contribution in [3.63, 3.8) is 0 Å². The smallest absolute Gasteiger partial charge is 0.245 e. The molecule has 3 rings (SSSR count). The van der Waals surface area contributed by atoms with E-state index in [1.165, 1.54) is 0 Å². The van der Waals surface area contributed by atoms with Gasteiger partial charge in [0.2, 0.25) is 11.8 Å². The van der Waals surface area contributed by atoms with Gasteiger partial charge in [-0.1, -0.05) is 54.1 Å². The molecule has 4 nitrogen and oxygen atoms in total. The van der Waals surface area contributed by atoms with E-state index in [-0.39, 0.29) is 11.8 Å². The Kier molecular flexibility index (Phi) is 6.29. The van der Waals surface area contributed by atoms with Crippen molar-refractivity contribution in [2.75, 3.05) is 6.54 Å². The number of hydrogen-bond acceptors (Lipinski definition) is 2. The lowest BCUT2D eigenvalue weighted by Crippen LogP contribution is -2.47. The van der Waals surface area contributed by atoms with Crippen LogP contribution in [0.25, 0.3) is 0 Å². The van der Waals surface area contributed by atoms with Crippen molar-refractivity contribution in [2.24, 2.45) is 0 Å². The zero-order valence-corrected chi connectivity index (χ0v) is 15.4. The summed E-state index contributed by atoms with van der Waals surface area (Å²) in [6, 6.07) is 16.7. The number of carbonyl (C=O) groups excluding carboxylic acids is 2. The second-order valence-electron chi connectivity index (χ2n) is 6.66. The molecular formula is C21H23ClN2O2. The van der Waals surface area contributed by atoms with E-state index < -0.39 is 6.04 Å². The summed E-state index contributed by atoms with van der Waals surface area (Å²) >= 11 is 5.93. The maximum Gasteiger partial charge on any atom is 0.245 e. The number of carbonyl (C=O) groups is 2. The van der Waals surface area contributed by atoms with E-state index in [2.05, 4.69) is 5.32 Å². The van der Waals surface area contributed by atoms with Gasteiger partial charge < -0.3 is 10.2 Å². The maximum absolute atomic E-state index is 12.9. The average molecular weight is 371 g/mol. The highest BCUT2D eigenvalue weighted by Gasteiger charge is 2.28. The molecule has 26 heavy (non-hydrogen) atoms. The van der Waals surface area contributed by atoms with Crippen LogP contribution < -0.4 is 5.32 Å². The number of amides is 2. The summed E-state index contributed by atoms with van der Waals surface area (Å²) in [7, 11) is 0. The van der Waals surface area contributed by atoms with Gasteiger partial charge in [-0.05, 0) is 42.5 Å². The van der Waals surface area contributed by atoms with Crippen molar-refractivity contribution in [3.8, 4) is 0 Å².